The summed E-state index contributed by atoms with van der Waals surface area (Å²) in [5.41, 5.74) is 8.00. The second-order valence-electron chi connectivity index (χ2n) is 8.76. The zero-order chi connectivity index (χ0) is 25.9. The standard InChI is InChI=1S/C21H29F3N8O3/c1-30(2)20(35)26-7-6-14(25)19(34)32-11-13(21(22,23)24)9-17(32)18(33)27-10-12-4-5-16-15(8-12)28-29-31(16)3/h4-5,8,13-14,17H,6-7,9-11,25H2,1-3H3,(H,26,35)(H,27,33). The molecule has 1 saturated heterocycles. The lowest BCUT2D eigenvalue weighted by Gasteiger charge is -2.27. The third-order valence-corrected chi connectivity index (χ3v) is 5.95. The number of hydrogen-bond acceptors (Lipinski definition) is 6. The largest absolute Gasteiger partial charge is 0.393 e. The van der Waals surface area contributed by atoms with E-state index in [-0.39, 0.29) is 25.5 Å². The van der Waals surface area contributed by atoms with E-state index >= 15 is 0 Å². The molecule has 0 radical (unpaired) electrons. The number of alkyl halides is 3. The second kappa shape index (κ2) is 10.5. The van der Waals surface area contributed by atoms with E-state index < -0.39 is 49.0 Å². The monoisotopic (exact) mass is 498 g/mol. The van der Waals surface area contributed by atoms with E-state index in [1.54, 1.807) is 29.9 Å². The molecule has 1 fully saturated rings. The Kier molecular flexibility index (Phi) is 7.83. The fraction of sp³-hybridized carbons (Fsp3) is 0.571. The zero-order valence-electron chi connectivity index (χ0n) is 19.7. The molecule has 3 unspecified atom stereocenters. The number of carbonyl (C=O) groups is 3. The van der Waals surface area contributed by atoms with Crippen LogP contribution in [0.25, 0.3) is 11.0 Å². The predicted molar refractivity (Wildman–Crippen MR) is 120 cm³/mol. The number of aromatic nitrogens is 3. The van der Waals surface area contributed by atoms with Gasteiger partial charge in [0.25, 0.3) is 0 Å². The van der Waals surface area contributed by atoms with Crippen LogP contribution < -0.4 is 16.4 Å². The first-order chi connectivity index (χ1) is 16.4. The topological polar surface area (TPSA) is 138 Å². The van der Waals surface area contributed by atoms with E-state index in [2.05, 4.69) is 20.9 Å². The molecule has 1 aliphatic heterocycles. The average Bonchev–Trinajstić information content (AvgIpc) is 3.41. The van der Waals surface area contributed by atoms with Crippen LogP contribution in [0.3, 0.4) is 0 Å². The Labute approximate surface area is 199 Å². The Bertz CT molecular complexity index is 1090. The van der Waals surface area contributed by atoms with Crippen LogP contribution in [0.2, 0.25) is 0 Å². The second-order valence-corrected chi connectivity index (χ2v) is 8.76. The van der Waals surface area contributed by atoms with E-state index in [4.69, 9.17) is 5.73 Å². The smallest absolute Gasteiger partial charge is 0.350 e. The van der Waals surface area contributed by atoms with Gasteiger partial charge in [-0.3, -0.25) is 9.59 Å². The van der Waals surface area contributed by atoms with Crippen LogP contribution in [0.5, 0.6) is 0 Å². The first kappa shape index (κ1) is 26.2. The summed E-state index contributed by atoms with van der Waals surface area (Å²) in [6.07, 6.45) is -5.10. The van der Waals surface area contributed by atoms with E-state index in [9.17, 15) is 27.6 Å². The van der Waals surface area contributed by atoms with Crippen LogP contribution in [-0.2, 0) is 23.2 Å². The number of likely N-dealkylation sites (tertiary alicyclic amines) is 1. The van der Waals surface area contributed by atoms with Crippen molar-refractivity contribution in [2.75, 3.05) is 27.2 Å². The molecule has 2 aromatic rings. The maximum Gasteiger partial charge on any atom is 0.393 e. The third-order valence-electron chi connectivity index (χ3n) is 5.95. The number of fused-ring (bicyclic) bond motifs is 1. The van der Waals surface area contributed by atoms with Crippen molar-refractivity contribution < 1.29 is 27.6 Å². The van der Waals surface area contributed by atoms with E-state index in [0.29, 0.717) is 11.1 Å². The van der Waals surface area contributed by atoms with Crippen LogP contribution in [0.1, 0.15) is 18.4 Å². The van der Waals surface area contributed by atoms with Crippen LogP contribution in [0.15, 0.2) is 18.2 Å². The van der Waals surface area contributed by atoms with Crippen LogP contribution in [-0.4, -0.2) is 88.1 Å². The molecule has 14 heteroatoms. The summed E-state index contributed by atoms with van der Waals surface area (Å²) in [6, 6.07) is 2.38. The normalized spacial score (nSPS) is 19.0. The Morgan fingerprint density at radius 2 is 1.97 bits per heavy atom. The van der Waals surface area contributed by atoms with Crippen molar-refractivity contribution in [1.29, 1.82) is 0 Å². The lowest BCUT2D eigenvalue weighted by atomic mass is 10.0. The molecule has 1 aliphatic rings. The molecule has 35 heavy (non-hydrogen) atoms. The molecular weight excluding hydrogens is 469 g/mol. The van der Waals surface area contributed by atoms with Gasteiger partial charge in [-0.2, -0.15) is 13.2 Å². The van der Waals surface area contributed by atoms with Gasteiger partial charge in [0.1, 0.15) is 11.6 Å². The molecule has 3 atom stereocenters. The highest BCUT2D eigenvalue weighted by Gasteiger charge is 2.51. The first-order valence-corrected chi connectivity index (χ1v) is 11.0. The molecule has 11 nitrogen and oxygen atoms in total. The number of nitrogens with one attached hydrogen (secondary N) is 2. The van der Waals surface area contributed by atoms with Crippen molar-refractivity contribution in [3.63, 3.8) is 0 Å². The molecule has 0 bridgehead atoms. The Hall–Kier alpha value is -3.42. The van der Waals surface area contributed by atoms with Crippen molar-refractivity contribution in [3.8, 4) is 0 Å². The molecule has 1 aromatic heterocycles. The highest BCUT2D eigenvalue weighted by Crippen LogP contribution is 2.37. The van der Waals surface area contributed by atoms with Gasteiger partial charge in [-0.15, -0.1) is 5.10 Å². The number of hydrogen-bond donors (Lipinski definition) is 3. The van der Waals surface area contributed by atoms with Crippen molar-refractivity contribution >= 4 is 28.9 Å². The van der Waals surface area contributed by atoms with E-state index in [1.165, 1.54) is 19.0 Å². The number of aryl methyl sites for hydroxylation is 1. The van der Waals surface area contributed by atoms with Gasteiger partial charge in [-0.05, 0) is 30.5 Å². The molecule has 0 aliphatic carbocycles. The van der Waals surface area contributed by atoms with Gasteiger partial charge in [0.2, 0.25) is 11.8 Å². The minimum Gasteiger partial charge on any atom is -0.350 e. The number of benzene rings is 1. The molecule has 2 heterocycles. The van der Waals surface area contributed by atoms with Gasteiger partial charge in [0.15, 0.2) is 0 Å². The zero-order valence-corrected chi connectivity index (χ0v) is 19.7. The Morgan fingerprint density at radius 3 is 2.63 bits per heavy atom. The molecule has 0 saturated carbocycles. The summed E-state index contributed by atoms with van der Waals surface area (Å²) in [7, 11) is 4.81. The van der Waals surface area contributed by atoms with Gasteiger partial charge >= 0.3 is 12.2 Å². The van der Waals surface area contributed by atoms with Crippen LogP contribution in [0, 0.1) is 5.92 Å². The summed E-state index contributed by atoms with van der Waals surface area (Å²) < 4.78 is 41.9. The fourth-order valence-corrected chi connectivity index (χ4v) is 3.90. The quantitative estimate of drug-likeness (QED) is 0.504. The minimum absolute atomic E-state index is 0.0120. The fourth-order valence-electron chi connectivity index (χ4n) is 3.90. The molecule has 4 N–H and O–H groups in total. The molecule has 0 spiro atoms. The Morgan fingerprint density at radius 1 is 1.26 bits per heavy atom. The number of urea groups is 1. The number of carbonyl (C=O) groups excluding carboxylic acids is 3. The number of nitrogens with zero attached hydrogens (tertiary/aromatic N) is 5. The summed E-state index contributed by atoms with van der Waals surface area (Å²) in [6.45, 7) is -0.547. The number of nitrogens with two attached hydrogens (primary N) is 1. The van der Waals surface area contributed by atoms with Gasteiger partial charge in [-0.25, -0.2) is 9.48 Å². The summed E-state index contributed by atoms with van der Waals surface area (Å²) >= 11 is 0. The maximum absolute atomic E-state index is 13.4. The van der Waals surface area contributed by atoms with Crippen LogP contribution in [0.4, 0.5) is 18.0 Å². The molecule has 1 aromatic carbocycles. The number of rotatable bonds is 7. The van der Waals surface area contributed by atoms with Crippen molar-refractivity contribution in [2.45, 2.75) is 37.6 Å². The van der Waals surface area contributed by atoms with Crippen molar-refractivity contribution in [2.24, 2.45) is 18.7 Å². The van der Waals surface area contributed by atoms with Gasteiger partial charge < -0.3 is 26.2 Å². The molecular formula is C21H29F3N8O3. The molecule has 4 amide bonds. The lowest BCUT2D eigenvalue weighted by Crippen LogP contribution is -2.52. The van der Waals surface area contributed by atoms with Crippen molar-refractivity contribution in [1.82, 2.24) is 35.4 Å². The Balaban J connectivity index is 1.66. The van der Waals surface area contributed by atoms with E-state index in [1.807, 2.05) is 0 Å². The molecule has 3 rings (SSSR count). The number of amides is 4. The van der Waals surface area contributed by atoms with Gasteiger partial charge in [-0.1, -0.05) is 11.3 Å². The minimum atomic E-state index is -4.56. The highest BCUT2D eigenvalue weighted by atomic mass is 19.4. The van der Waals surface area contributed by atoms with Crippen LogP contribution >= 0.6 is 0 Å². The maximum atomic E-state index is 13.4. The van der Waals surface area contributed by atoms with Gasteiger partial charge in [0.05, 0.1) is 17.5 Å². The average molecular weight is 499 g/mol. The number of halogens is 3. The highest BCUT2D eigenvalue weighted by molar-refractivity contribution is 5.90. The summed E-state index contributed by atoms with van der Waals surface area (Å²) in [5, 5.41) is 13.1. The molecule has 192 valence electrons. The third kappa shape index (κ3) is 6.18. The lowest BCUT2D eigenvalue weighted by molar-refractivity contribution is -0.171. The van der Waals surface area contributed by atoms with E-state index in [0.717, 1.165) is 10.4 Å². The van der Waals surface area contributed by atoms with Crippen molar-refractivity contribution in [3.05, 3.63) is 23.8 Å². The summed E-state index contributed by atoms with van der Waals surface area (Å²) in [4.78, 5) is 39.5. The predicted octanol–water partition coefficient (Wildman–Crippen LogP) is 0.353. The SMILES string of the molecule is CN(C)C(=O)NCCC(N)C(=O)N1CC(C(F)(F)F)CC1C(=O)NCc1ccc2c(c1)nnn2C. The van der Waals surface area contributed by atoms with Gasteiger partial charge in [0, 0.05) is 40.8 Å². The first-order valence-electron chi connectivity index (χ1n) is 11.0. The summed E-state index contributed by atoms with van der Waals surface area (Å²) in [5.74, 6) is -3.30.